The normalized spacial score (nSPS) is 10.3. The topological polar surface area (TPSA) is 72.2 Å². The SMILES string of the molecule is O=C(NCc1ccc(Br)s1)c1ccc([N+](=O)[O-])c(F)c1. The quantitative estimate of drug-likeness (QED) is 0.671. The van der Waals surface area contributed by atoms with E-state index in [0.717, 1.165) is 20.8 Å². The third-order valence-electron chi connectivity index (χ3n) is 2.46. The summed E-state index contributed by atoms with van der Waals surface area (Å²) in [6.07, 6.45) is 0. The average Bonchev–Trinajstić information content (AvgIpc) is 2.81. The zero-order chi connectivity index (χ0) is 14.7. The van der Waals surface area contributed by atoms with E-state index in [-0.39, 0.29) is 5.56 Å². The summed E-state index contributed by atoms with van der Waals surface area (Å²) >= 11 is 4.78. The lowest BCUT2D eigenvalue weighted by Gasteiger charge is -2.04. The van der Waals surface area contributed by atoms with Crippen LogP contribution in [0.3, 0.4) is 0 Å². The fraction of sp³-hybridized carbons (Fsp3) is 0.0833. The van der Waals surface area contributed by atoms with Crippen LogP contribution in [0.1, 0.15) is 15.2 Å². The zero-order valence-electron chi connectivity index (χ0n) is 9.93. The number of amides is 1. The van der Waals surface area contributed by atoms with Gasteiger partial charge in [0.1, 0.15) is 0 Å². The van der Waals surface area contributed by atoms with Crippen LogP contribution in [0, 0.1) is 15.9 Å². The lowest BCUT2D eigenvalue weighted by atomic mass is 10.2. The molecule has 0 saturated heterocycles. The predicted octanol–water partition coefficient (Wildman–Crippen LogP) is 3.49. The summed E-state index contributed by atoms with van der Waals surface area (Å²) in [5.74, 6) is -1.51. The fourth-order valence-corrected chi connectivity index (χ4v) is 2.94. The second-order valence-electron chi connectivity index (χ2n) is 3.81. The number of hydrogen-bond acceptors (Lipinski definition) is 4. The maximum absolute atomic E-state index is 13.4. The van der Waals surface area contributed by atoms with Crippen LogP contribution in [0.2, 0.25) is 0 Å². The van der Waals surface area contributed by atoms with Crippen molar-refractivity contribution in [3.8, 4) is 0 Å². The van der Waals surface area contributed by atoms with Crippen molar-refractivity contribution in [1.82, 2.24) is 5.32 Å². The number of nitro groups is 1. The molecule has 0 unspecified atom stereocenters. The molecule has 0 radical (unpaired) electrons. The first-order chi connectivity index (χ1) is 9.47. The monoisotopic (exact) mass is 358 g/mol. The lowest BCUT2D eigenvalue weighted by molar-refractivity contribution is -0.387. The molecule has 1 amide bonds. The Balaban J connectivity index is 2.06. The number of nitro benzene ring substituents is 1. The standard InChI is InChI=1S/C12H8BrFN2O3S/c13-11-4-2-8(20-11)6-15-12(17)7-1-3-10(16(18)19)9(14)5-7/h1-5H,6H2,(H,15,17). The van der Waals surface area contributed by atoms with Crippen LogP contribution in [-0.2, 0) is 6.54 Å². The molecule has 1 N–H and O–H groups in total. The summed E-state index contributed by atoms with van der Waals surface area (Å²) in [6.45, 7) is 0.313. The molecule has 0 saturated carbocycles. The number of thiophene rings is 1. The molecule has 1 aromatic heterocycles. The first-order valence-electron chi connectivity index (χ1n) is 5.43. The van der Waals surface area contributed by atoms with Gasteiger partial charge in [-0.1, -0.05) is 0 Å². The van der Waals surface area contributed by atoms with Crippen molar-refractivity contribution in [3.63, 3.8) is 0 Å². The number of benzene rings is 1. The van der Waals surface area contributed by atoms with Crippen molar-refractivity contribution in [1.29, 1.82) is 0 Å². The zero-order valence-corrected chi connectivity index (χ0v) is 12.3. The van der Waals surface area contributed by atoms with Crippen molar-refractivity contribution in [3.05, 3.63) is 60.5 Å². The molecule has 104 valence electrons. The molecule has 0 atom stereocenters. The Morgan fingerprint density at radius 2 is 2.15 bits per heavy atom. The predicted molar refractivity (Wildman–Crippen MR) is 76.2 cm³/mol. The van der Waals surface area contributed by atoms with Crippen molar-refractivity contribution in [2.45, 2.75) is 6.54 Å². The highest BCUT2D eigenvalue weighted by atomic mass is 79.9. The fourth-order valence-electron chi connectivity index (χ4n) is 1.51. The number of hydrogen-bond donors (Lipinski definition) is 1. The van der Waals surface area contributed by atoms with Gasteiger partial charge in [0.2, 0.25) is 5.82 Å². The number of nitrogens with one attached hydrogen (secondary N) is 1. The van der Waals surface area contributed by atoms with Gasteiger partial charge >= 0.3 is 5.69 Å². The van der Waals surface area contributed by atoms with Crippen LogP contribution >= 0.6 is 27.3 Å². The Morgan fingerprint density at radius 3 is 2.70 bits per heavy atom. The van der Waals surface area contributed by atoms with E-state index < -0.39 is 22.3 Å². The molecule has 2 rings (SSSR count). The number of nitrogens with zero attached hydrogens (tertiary/aromatic N) is 1. The van der Waals surface area contributed by atoms with Gasteiger partial charge in [-0.3, -0.25) is 14.9 Å². The molecule has 20 heavy (non-hydrogen) atoms. The summed E-state index contributed by atoms with van der Waals surface area (Å²) < 4.78 is 14.3. The van der Waals surface area contributed by atoms with Gasteiger partial charge in [0.15, 0.2) is 0 Å². The van der Waals surface area contributed by atoms with Gasteiger partial charge in [0, 0.05) is 16.5 Å². The molecular weight excluding hydrogens is 351 g/mol. The van der Waals surface area contributed by atoms with Crippen molar-refractivity contribution >= 4 is 38.9 Å². The number of carbonyl (C=O) groups is 1. The van der Waals surface area contributed by atoms with Crippen LogP contribution in [0.15, 0.2) is 34.1 Å². The first-order valence-corrected chi connectivity index (χ1v) is 7.04. The van der Waals surface area contributed by atoms with E-state index in [9.17, 15) is 19.3 Å². The number of carbonyl (C=O) groups excluding carboxylic acids is 1. The Hall–Kier alpha value is -1.80. The highest BCUT2D eigenvalue weighted by molar-refractivity contribution is 9.11. The van der Waals surface area contributed by atoms with E-state index in [1.165, 1.54) is 17.4 Å². The van der Waals surface area contributed by atoms with Crippen molar-refractivity contribution in [2.24, 2.45) is 0 Å². The molecular formula is C12H8BrFN2O3S. The Morgan fingerprint density at radius 1 is 1.40 bits per heavy atom. The van der Waals surface area contributed by atoms with Crippen LogP contribution < -0.4 is 5.32 Å². The molecule has 0 spiro atoms. The van der Waals surface area contributed by atoms with Crippen molar-refractivity contribution < 1.29 is 14.1 Å². The maximum atomic E-state index is 13.4. The van der Waals surface area contributed by atoms with Crippen LogP contribution in [-0.4, -0.2) is 10.8 Å². The van der Waals surface area contributed by atoms with E-state index in [4.69, 9.17) is 0 Å². The molecule has 5 nitrogen and oxygen atoms in total. The van der Waals surface area contributed by atoms with Gasteiger partial charge in [-0.2, -0.15) is 4.39 Å². The second kappa shape index (κ2) is 6.10. The second-order valence-corrected chi connectivity index (χ2v) is 6.36. The Kier molecular flexibility index (Phi) is 4.46. The Labute approximate surface area is 125 Å². The van der Waals surface area contributed by atoms with Crippen LogP contribution in [0.4, 0.5) is 10.1 Å². The molecule has 1 aromatic carbocycles. The average molecular weight is 359 g/mol. The van der Waals surface area contributed by atoms with Gasteiger partial charge < -0.3 is 5.32 Å². The molecule has 0 fully saturated rings. The van der Waals surface area contributed by atoms with Gasteiger partial charge in [-0.05, 0) is 40.2 Å². The van der Waals surface area contributed by atoms with Crippen LogP contribution in [0.25, 0.3) is 0 Å². The minimum absolute atomic E-state index is 0.0451. The first kappa shape index (κ1) is 14.6. The summed E-state index contributed by atoms with van der Waals surface area (Å²) in [4.78, 5) is 22.4. The van der Waals surface area contributed by atoms with E-state index in [1.807, 2.05) is 12.1 Å². The minimum atomic E-state index is -1.03. The summed E-state index contributed by atoms with van der Waals surface area (Å²) in [6, 6.07) is 6.77. The van der Waals surface area contributed by atoms with Crippen LogP contribution in [0.5, 0.6) is 0 Å². The van der Waals surface area contributed by atoms with Crippen molar-refractivity contribution in [2.75, 3.05) is 0 Å². The van der Waals surface area contributed by atoms with Gasteiger partial charge in [-0.25, -0.2) is 0 Å². The van der Waals surface area contributed by atoms with Gasteiger partial charge in [0.05, 0.1) is 15.3 Å². The highest BCUT2D eigenvalue weighted by Crippen LogP contribution is 2.22. The molecule has 0 aliphatic rings. The van der Waals surface area contributed by atoms with E-state index in [2.05, 4.69) is 21.2 Å². The Bertz CT molecular complexity index is 674. The smallest absolute Gasteiger partial charge is 0.304 e. The minimum Gasteiger partial charge on any atom is -0.347 e. The molecule has 0 bridgehead atoms. The highest BCUT2D eigenvalue weighted by Gasteiger charge is 2.16. The van der Waals surface area contributed by atoms with Gasteiger partial charge in [0.25, 0.3) is 5.91 Å². The summed E-state index contributed by atoms with van der Waals surface area (Å²) in [5.41, 5.74) is -0.604. The molecule has 0 aliphatic heterocycles. The molecule has 2 aromatic rings. The number of rotatable bonds is 4. The lowest BCUT2D eigenvalue weighted by Crippen LogP contribution is -2.22. The molecule has 0 aliphatic carbocycles. The van der Waals surface area contributed by atoms with E-state index in [0.29, 0.717) is 6.54 Å². The largest absolute Gasteiger partial charge is 0.347 e. The number of halogens is 2. The molecule has 8 heteroatoms. The summed E-state index contributed by atoms with van der Waals surface area (Å²) in [7, 11) is 0. The van der Waals surface area contributed by atoms with E-state index >= 15 is 0 Å². The summed E-state index contributed by atoms with van der Waals surface area (Å²) in [5, 5.41) is 13.1. The third kappa shape index (κ3) is 3.40. The molecule has 1 heterocycles. The van der Waals surface area contributed by atoms with Gasteiger partial charge in [-0.15, -0.1) is 11.3 Å². The maximum Gasteiger partial charge on any atom is 0.304 e. The van der Waals surface area contributed by atoms with E-state index in [1.54, 1.807) is 0 Å². The third-order valence-corrected chi connectivity index (χ3v) is 4.08.